The number of hydrogen-bond donors (Lipinski definition) is 3. The fourth-order valence-corrected chi connectivity index (χ4v) is 3.81. The molecule has 1 fully saturated rings. The molecule has 1 aromatic heterocycles. The van der Waals surface area contributed by atoms with E-state index in [0.29, 0.717) is 12.1 Å². The number of nitrogens with one attached hydrogen (secondary N) is 3. The molecule has 174 valence electrons. The molecular weight excluding hydrogens is 398 g/mol. The lowest BCUT2D eigenvalue weighted by Crippen LogP contribution is -2.43. The van der Waals surface area contributed by atoms with Crippen LogP contribution >= 0.6 is 0 Å². The molecule has 1 unspecified atom stereocenters. The average molecular weight is 436 g/mol. The molecular formula is C22H37N5O4. The first-order chi connectivity index (χ1) is 15.2. The third-order valence-corrected chi connectivity index (χ3v) is 5.51. The van der Waals surface area contributed by atoms with Gasteiger partial charge in [-0.05, 0) is 25.0 Å². The van der Waals surface area contributed by atoms with E-state index in [9.17, 15) is 14.9 Å². The minimum Gasteiger partial charge on any atom is -0.352 e. The van der Waals surface area contributed by atoms with E-state index in [1.807, 2.05) is 12.1 Å². The van der Waals surface area contributed by atoms with E-state index in [2.05, 4.69) is 25.8 Å². The lowest BCUT2D eigenvalue weighted by molar-refractivity contribution is -0.757. The number of carbonyl (C=O) groups is 1. The van der Waals surface area contributed by atoms with Gasteiger partial charge >= 0.3 is 0 Å². The van der Waals surface area contributed by atoms with Crippen LogP contribution in [0.5, 0.6) is 0 Å². The van der Waals surface area contributed by atoms with Gasteiger partial charge in [0.1, 0.15) is 0 Å². The number of pyridine rings is 1. The molecule has 1 aliphatic rings. The maximum atomic E-state index is 12.6. The van der Waals surface area contributed by atoms with Crippen molar-refractivity contribution in [1.29, 1.82) is 0 Å². The Morgan fingerprint density at radius 1 is 1.10 bits per heavy atom. The van der Waals surface area contributed by atoms with Crippen LogP contribution in [0.2, 0.25) is 0 Å². The van der Waals surface area contributed by atoms with Crippen LogP contribution in [0, 0.1) is 10.1 Å². The first-order valence-electron chi connectivity index (χ1n) is 11.6. The number of carbonyl (C=O) groups excluding carboxylic acids is 1. The van der Waals surface area contributed by atoms with Crippen LogP contribution in [0.15, 0.2) is 18.3 Å². The van der Waals surface area contributed by atoms with Gasteiger partial charge in [-0.1, -0.05) is 51.4 Å². The van der Waals surface area contributed by atoms with Crippen molar-refractivity contribution in [3.63, 3.8) is 0 Å². The van der Waals surface area contributed by atoms with Crippen molar-refractivity contribution >= 4 is 5.91 Å². The number of nitrogens with zero attached hydrogens (tertiary/aromatic N) is 2. The zero-order valence-corrected chi connectivity index (χ0v) is 18.4. The summed E-state index contributed by atoms with van der Waals surface area (Å²) in [6.07, 6.45) is 12.7. The highest BCUT2D eigenvalue weighted by Crippen LogP contribution is 2.16. The molecule has 2 heterocycles. The fourth-order valence-electron chi connectivity index (χ4n) is 3.81. The molecule has 0 saturated carbocycles. The maximum absolute atomic E-state index is 12.6. The molecule has 1 amide bonds. The number of unbranched alkanes of at least 4 members (excludes halogenated alkanes) is 9. The maximum Gasteiger partial charge on any atom is 0.294 e. The molecule has 9 heteroatoms. The Bertz CT molecular complexity index is 653. The second kappa shape index (κ2) is 15.5. The first kappa shape index (κ1) is 25.0. The van der Waals surface area contributed by atoms with Gasteiger partial charge in [0.25, 0.3) is 11.0 Å². The van der Waals surface area contributed by atoms with Crippen LogP contribution in [0.1, 0.15) is 86.3 Å². The van der Waals surface area contributed by atoms with Gasteiger partial charge < -0.3 is 20.8 Å². The van der Waals surface area contributed by atoms with Gasteiger partial charge in [0.15, 0.2) is 0 Å². The molecule has 3 N–H and O–H groups in total. The molecule has 0 aromatic carbocycles. The van der Waals surface area contributed by atoms with E-state index in [1.165, 1.54) is 32.1 Å². The molecule has 0 radical (unpaired) electrons. The highest BCUT2D eigenvalue weighted by atomic mass is 16.9. The molecule has 0 bridgehead atoms. The van der Waals surface area contributed by atoms with Crippen molar-refractivity contribution in [3.8, 4) is 0 Å². The molecule has 1 atom stereocenters. The summed E-state index contributed by atoms with van der Waals surface area (Å²) < 4.78 is 0. The van der Waals surface area contributed by atoms with Gasteiger partial charge in [0.2, 0.25) is 0 Å². The van der Waals surface area contributed by atoms with Gasteiger partial charge in [-0.3, -0.25) is 9.78 Å². The predicted molar refractivity (Wildman–Crippen MR) is 119 cm³/mol. The van der Waals surface area contributed by atoms with Crippen molar-refractivity contribution < 1.29 is 14.7 Å². The van der Waals surface area contributed by atoms with Crippen LogP contribution < -0.4 is 16.0 Å². The number of hydrogen-bond acceptors (Lipinski definition) is 7. The zero-order chi connectivity index (χ0) is 22.2. The Morgan fingerprint density at radius 3 is 2.42 bits per heavy atom. The summed E-state index contributed by atoms with van der Waals surface area (Å²) in [5.41, 5.74) is 1.48. The lowest BCUT2D eigenvalue weighted by atomic mass is 10.0. The zero-order valence-electron chi connectivity index (χ0n) is 18.4. The van der Waals surface area contributed by atoms with Gasteiger partial charge in [-0.2, -0.15) is 0 Å². The Kier molecular flexibility index (Phi) is 12.5. The molecule has 9 nitrogen and oxygen atoms in total. The highest BCUT2D eigenvalue weighted by Gasteiger charge is 2.21. The molecule has 1 aliphatic heterocycles. The third-order valence-electron chi connectivity index (χ3n) is 5.51. The van der Waals surface area contributed by atoms with Crippen LogP contribution in [-0.2, 0) is 4.84 Å². The minimum atomic E-state index is -0.728. The van der Waals surface area contributed by atoms with Crippen LogP contribution in [0.25, 0.3) is 0 Å². The number of rotatable bonds is 16. The Morgan fingerprint density at radius 2 is 1.77 bits per heavy atom. The number of aromatic nitrogens is 1. The van der Waals surface area contributed by atoms with Crippen LogP contribution in [0.3, 0.4) is 0 Å². The largest absolute Gasteiger partial charge is 0.352 e. The van der Waals surface area contributed by atoms with Crippen LogP contribution in [0.4, 0.5) is 0 Å². The summed E-state index contributed by atoms with van der Waals surface area (Å²) in [5.74, 6) is -0.0425. The van der Waals surface area contributed by atoms with E-state index in [-0.39, 0.29) is 18.6 Å². The second-order valence-electron chi connectivity index (χ2n) is 8.00. The van der Waals surface area contributed by atoms with E-state index in [0.717, 1.165) is 57.4 Å². The molecule has 0 aliphatic carbocycles. The standard InChI is InChI=1S/C22H37N5O4/c28-22(19-12-11-14-25-21(19)20-18-23-15-16-24-20)26-13-9-7-5-3-1-2-4-6-8-10-17-31-27(29)30/h11-12,14,20,23-24H,1-10,13,15-18H2,(H,26,28). The summed E-state index contributed by atoms with van der Waals surface area (Å²) in [6, 6.07) is 3.74. The van der Waals surface area contributed by atoms with Crippen molar-refractivity contribution in [2.24, 2.45) is 0 Å². The van der Waals surface area contributed by atoms with E-state index in [4.69, 9.17) is 0 Å². The smallest absolute Gasteiger partial charge is 0.294 e. The summed E-state index contributed by atoms with van der Waals surface area (Å²) in [6.45, 7) is 3.50. The average Bonchev–Trinajstić information content (AvgIpc) is 2.79. The Labute approximate surface area is 184 Å². The number of amides is 1. The Hall–Kier alpha value is -2.26. The molecule has 31 heavy (non-hydrogen) atoms. The normalized spacial score (nSPS) is 16.1. The van der Waals surface area contributed by atoms with Crippen molar-refractivity contribution in [2.45, 2.75) is 70.3 Å². The molecule has 2 rings (SSSR count). The minimum absolute atomic E-state index is 0.0425. The summed E-state index contributed by atoms with van der Waals surface area (Å²) in [4.78, 5) is 31.4. The van der Waals surface area contributed by atoms with Gasteiger partial charge in [0, 0.05) is 32.4 Å². The number of piperazine rings is 1. The van der Waals surface area contributed by atoms with Gasteiger partial charge in [-0.15, -0.1) is 10.1 Å². The quantitative estimate of drug-likeness (QED) is 0.207. The van der Waals surface area contributed by atoms with Crippen molar-refractivity contribution in [3.05, 3.63) is 39.7 Å². The SMILES string of the molecule is O=C(NCCCCCCCCCCCCO[N+](=O)[O-])c1cccnc1C1CNCCN1. The van der Waals surface area contributed by atoms with Gasteiger partial charge in [0.05, 0.1) is 23.9 Å². The summed E-state index contributed by atoms with van der Waals surface area (Å²) >= 11 is 0. The molecule has 1 saturated heterocycles. The topological polar surface area (TPSA) is 118 Å². The van der Waals surface area contributed by atoms with E-state index < -0.39 is 5.09 Å². The monoisotopic (exact) mass is 435 g/mol. The van der Waals surface area contributed by atoms with E-state index in [1.54, 1.807) is 6.20 Å². The Balaban J connectivity index is 1.47. The molecule has 1 aromatic rings. The predicted octanol–water partition coefficient (Wildman–Crippen LogP) is 3.15. The first-order valence-corrected chi connectivity index (χ1v) is 11.6. The van der Waals surface area contributed by atoms with Crippen LogP contribution in [-0.4, -0.2) is 48.8 Å². The van der Waals surface area contributed by atoms with Gasteiger partial charge in [-0.25, -0.2) is 0 Å². The lowest BCUT2D eigenvalue weighted by Gasteiger charge is -2.25. The summed E-state index contributed by atoms with van der Waals surface area (Å²) in [5, 5.41) is 19.1. The third kappa shape index (κ3) is 10.5. The fraction of sp³-hybridized carbons (Fsp3) is 0.727. The van der Waals surface area contributed by atoms with E-state index >= 15 is 0 Å². The summed E-state index contributed by atoms with van der Waals surface area (Å²) in [7, 11) is 0. The highest BCUT2D eigenvalue weighted by molar-refractivity contribution is 5.95. The molecule has 0 spiro atoms. The van der Waals surface area contributed by atoms with Crippen molar-refractivity contribution in [2.75, 3.05) is 32.8 Å². The van der Waals surface area contributed by atoms with Crippen molar-refractivity contribution in [1.82, 2.24) is 20.9 Å². The second-order valence-corrected chi connectivity index (χ2v) is 8.00.